The van der Waals surface area contributed by atoms with E-state index in [-0.39, 0.29) is 38.1 Å². The average Bonchev–Trinajstić information content (AvgIpc) is 3.35. The Morgan fingerprint density at radius 2 is 1.71 bits per heavy atom. The fourth-order valence-corrected chi connectivity index (χ4v) is 3.85. The number of rotatable bonds is 11. The second-order valence-electron chi connectivity index (χ2n) is 8.63. The summed E-state index contributed by atoms with van der Waals surface area (Å²) in [5, 5.41) is 8.24. The summed E-state index contributed by atoms with van der Waals surface area (Å²) in [7, 11) is 1.54. The van der Waals surface area contributed by atoms with Crippen LogP contribution in [-0.4, -0.2) is 59.9 Å². The van der Waals surface area contributed by atoms with Crippen molar-refractivity contribution in [2.24, 2.45) is 0 Å². The molecule has 0 aliphatic heterocycles. The Kier molecular flexibility index (Phi) is 9.13. The van der Waals surface area contributed by atoms with E-state index in [1.165, 1.54) is 12.0 Å². The number of anilines is 1. The van der Waals surface area contributed by atoms with Gasteiger partial charge in [-0.05, 0) is 43.3 Å². The van der Waals surface area contributed by atoms with Crippen LogP contribution in [0.1, 0.15) is 5.56 Å². The molecule has 0 unspecified atom stereocenters. The van der Waals surface area contributed by atoms with Crippen LogP contribution in [0, 0.1) is 6.92 Å². The van der Waals surface area contributed by atoms with Gasteiger partial charge in [0.1, 0.15) is 18.1 Å². The SMILES string of the molecule is COCCN(CC(=O)Nc1cc(-c2ccccc2)nn1-c1ccc(C)cc1)C(=O)COc1ccc(Cl)cc1. The number of carbonyl (C=O) groups excluding carboxylic acids is 2. The molecule has 38 heavy (non-hydrogen) atoms. The third-order valence-corrected chi connectivity index (χ3v) is 6.01. The zero-order valence-electron chi connectivity index (χ0n) is 21.3. The van der Waals surface area contributed by atoms with E-state index in [9.17, 15) is 9.59 Å². The molecule has 0 bridgehead atoms. The van der Waals surface area contributed by atoms with Gasteiger partial charge in [0.15, 0.2) is 6.61 Å². The Balaban J connectivity index is 1.50. The third kappa shape index (κ3) is 7.21. The second kappa shape index (κ2) is 12.9. The Labute approximate surface area is 226 Å². The van der Waals surface area contributed by atoms with Gasteiger partial charge in [-0.1, -0.05) is 59.6 Å². The number of aromatic nitrogens is 2. The van der Waals surface area contributed by atoms with E-state index in [1.54, 1.807) is 28.9 Å². The predicted octanol–water partition coefficient (Wildman–Crippen LogP) is 4.99. The van der Waals surface area contributed by atoms with Gasteiger partial charge in [-0.25, -0.2) is 4.68 Å². The first-order valence-electron chi connectivity index (χ1n) is 12.1. The maximum absolute atomic E-state index is 13.1. The minimum atomic E-state index is -0.367. The Morgan fingerprint density at radius 1 is 1.00 bits per heavy atom. The fourth-order valence-electron chi connectivity index (χ4n) is 3.72. The summed E-state index contributed by atoms with van der Waals surface area (Å²) in [4.78, 5) is 27.5. The summed E-state index contributed by atoms with van der Waals surface area (Å²) < 4.78 is 12.4. The van der Waals surface area contributed by atoms with Crippen molar-refractivity contribution < 1.29 is 19.1 Å². The van der Waals surface area contributed by atoms with Crippen molar-refractivity contribution in [2.45, 2.75) is 6.92 Å². The number of aryl methyl sites for hydroxylation is 1. The first-order chi connectivity index (χ1) is 18.4. The van der Waals surface area contributed by atoms with E-state index in [0.717, 1.165) is 16.8 Å². The third-order valence-electron chi connectivity index (χ3n) is 5.75. The van der Waals surface area contributed by atoms with E-state index < -0.39 is 0 Å². The molecule has 9 heteroatoms. The van der Waals surface area contributed by atoms with Crippen molar-refractivity contribution in [3.63, 3.8) is 0 Å². The van der Waals surface area contributed by atoms with Crippen molar-refractivity contribution in [3.8, 4) is 22.7 Å². The van der Waals surface area contributed by atoms with Crippen LogP contribution in [0.4, 0.5) is 5.82 Å². The highest BCUT2D eigenvalue weighted by molar-refractivity contribution is 6.30. The smallest absolute Gasteiger partial charge is 0.261 e. The standard InChI is InChI=1S/C29H29ClN4O4/c1-21-8-12-24(13-9-21)34-27(18-26(32-34)22-6-4-3-5-7-22)31-28(35)19-33(16-17-37-2)29(36)20-38-25-14-10-23(30)11-15-25/h3-15,18H,16-17,19-20H2,1-2H3,(H,31,35). The highest BCUT2D eigenvalue weighted by atomic mass is 35.5. The molecule has 0 saturated heterocycles. The topological polar surface area (TPSA) is 85.7 Å². The van der Waals surface area contributed by atoms with Crippen molar-refractivity contribution in [1.29, 1.82) is 0 Å². The average molecular weight is 533 g/mol. The number of nitrogens with one attached hydrogen (secondary N) is 1. The van der Waals surface area contributed by atoms with Gasteiger partial charge in [-0.15, -0.1) is 0 Å². The molecule has 8 nitrogen and oxygen atoms in total. The fraction of sp³-hybridized carbons (Fsp3) is 0.207. The van der Waals surface area contributed by atoms with Crippen molar-refractivity contribution in [1.82, 2.24) is 14.7 Å². The molecular formula is C29H29ClN4O4. The van der Waals surface area contributed by atoms with Crippen LogP contribution in [0.25, 0.3) is 16.9 Å². The van der Waals surface area contributed by atoms with Crippen molar-refractivity contribution in [3.05, 3.63) is 95.5 Å². The lowest BCUT2D eigenvalue weighted by Gasteiger charge is -2.22. The zero-order chi connectivity index (χ0) is 26.9. The summed E-state index contributed by atoms with van der Waals surface area (Å²) in [6, 6.07) is 26.1. The molecule has 0 spiro atoms. The van der Waals surface area contributed by atoms with Crippen LogP contribution < -0.4 is 10.1 Å². The first kappa shape index (κ1) is 26.9. The maximum Gasteiger partial charge on any atom is 0.261 e. The molecule has 3 aromatic carbocycles. The van der Waals surface area contributed by atoms with Crippen LogP contribution >= 0.6 is 11.6 Å². The van der Waals surface area contributed by atoms with E-state index in [0.29, 0.717) is 22.3 Å². The number of nitrogens with zero attached hydrogens (tertiary/aromatic N) is 3. The Hall–Kier alpha value is -4.14. The largest absolute Gasteiger partial charge is 0.484 e. The number of amides is 2. The molecule has 0 fully saturated rings. The van der Waals surface area contributed by atoms with Crippen LogP contribution in [0.3, 0.4) is 0 Å². The highest BCUT2D eigenvalue weighted by Gasteiger charge is 2.20. The van der Waals surface area contributed by atoms with Crippen LogP contribution in [0.15, 0.2) is 84.9 Å². The number of benzene rings is 3. The van der Waals surface area contributed by atoms with Crippen LogP contribution in [0.2, 0.25) is 5.02 Å². The molecule has 4 aromatic rings. The zero-order valence-corrected chi connectivity index (χ0v) is 22.0. The lowest BCUT2D eigenvalue weighted by Crippen LogP contribution is -2.42. The molecule has 1 N–H and O–H groups in total. The molecule has 1 heterocycles. The number of carbonyl (C=O) groups is 2. The molecule has 0 aliphatic rings. The predicted molar refractivity (Wildman–Crippen MR) is 148 cm³/mol. The molecule has 0 atom stereocenters. The molecule has 0 radical (unpaired) electrons. The molecule has 1 aromatic heterocycles. The van der Waals surface area contributed by atoms with Gasteiger partial charge in [0.05, 0.1) is 18.0 Å². The van der Waals surface area contributed by atoms with E-state index >= 15 is 0 Å². The summed E-state index contributed by atoms with van der Waals surface area (Å²) >= 11 is 5.90. The monoisotopic (exact) mass is 532 g/mol. The van der Waals surface area contributed by atoms with Crippen molar-refractivity contribution >= 4 is 29.2 Å². The molecule has 0 aliphatic carbocycles. The van der Waals surface area contributed by atoms with Gasteiger partial charge < -0.3 is 19.7 Å². The number of hydrogen-bond acceptors (Lipinski definition) is 5. The highest BCUT2D eigenvalue weighted by Crippen LogP contribution is 2.25. The molecule has 196 valence electrons. The minimum Gasteiger partial charge on any atom is -0.484 e. The normalized spacial score (nSPS) is 10.7. The quantitative estimate of drug-likeness (QED) is 0.294. The summed E-state index contributed by atoms with van der Waals surface area (Å²) in [5.74, 6) is 0.293. The molecule has 2 amide bonds. The van der Waals surface area contributed by atoms with E-state index in [2.05, 4.69) is 5.32 Å². The van der Waals surface area contributed by atoms with Gasteiger partial charge in [0.2, 0.25) is 5.91 Å². The van der Waals surface area contributed by atoms with E-state index in [4.69, 9.17) is 26.2 Å². The maximum atomic E-state index is 13.1. The van der Waals surface area contributed by atoms with Crippen LogP contribution in [-0.2, 0) is 14.3 Å². The van der Waals surface area contributed by atoms with Gasteiger partial charge in [-0.2, -0.15) is 5.10 Å². The van der Waals surface area contributed by atoms with Gasteiger partial charge >= 0.3 is 0 Å². The first-order valence-corrected chi connectivity index (χ1v) is 12.5. The molecule has 0 saturated carbocycles. The number of ether oxygens (including phenoxy) is 2. The second-order valence-corrected chi connectivity index (χ2v) is 9.06. The van der Waals surface area contributed by atoms with Gasteiger partial charge in [0.25, 0.3) is 5.91 Å². The summed E-state index contributed by atoms with van der Waals surface area (Å²) in [5.41, 5.74) is 3.55. The van der Waals surface area contributed by atoms with Gasteiger partial charge in [0, 0.05) is 30.3 Å². The number of halogens is 1. The Bertz CT molecular complexity index is 1360. The molecular weight excluding hydrogens is 504 g/mol. The Morgan fingerprint density at radius 3 is 2.39 bits per heavy atom. The number of methoxy groups -OCH3 is 1. The number of hydrogen-bond donors (Lipinski definition) is 1. The summed E-state index contributed by atoms with van der Waals surface area (Å²) in [6.45, 7) is 2.12. The lowest BCUT2D eigenvalue weighted by atomic mass is 10.1. The van der Waals surface area contributed by atoms with Crippen LogP contribution in [0.5, 0.6) is 5.75 Å². The molecule has 4 rings (SSSR count). The minimum absolute atomic E-state index is 0.175. The lowest BCUT2D eigenvalue weighted by molar-refractivity contribution is -0.137. The summed E-state index contributed by atoms with van der Waals surface area (Å²) in [6.07, 6.45) is 0. The van der Waals surface area contributed by atoms with Gasteiger partial charge in [-0.3, -0.25) is 9.59 Å². The van der Waals surface area contributed by atoms with E-state index in [1.807, 2.05) is 67.6 Å². The van der Waals surface area contributed by atoms with Crippen molar-refractivity contribution in [2.75, 3.05) is 38.7 Å².